The molecule has 0 N–H and O–H groups in total. The van der Waals surface area contributed by atoms with Crippen molar-refractivity contribution < 1.29 is 0 Å². The van der Waals surface area contributed by atoms with Crippen LogP contribution in [0.2, 0.25) is 0 Å². The summed E-state index contributed by atoms with van der Waals surface area (Å²) < 4.78 is 7.20. The van der Waals surface area contributed by atoms with E-state index in [2.05, 4.69) is 203 Å². The SMILES string of the molecule is c1ccc(-n2c3ccccc3c3ccc(-c4cc5c(c6ccccc46)c4ccccc4n5-c4nc(-c5cccc6c5sc5ccccc56)c5ccccc5n4)cc32)cc1. The van der Waals surface area contributed by atoms with Gasteiger partial charge < -0.3 is 4.57 Å². The summed E-state index contributed by atoms with van der Waals surface area (Å²) in [6, 6.07) is 70.1. The minimum atomic E-state index is 0.656. The van der Waals surface area contributed by atoms with Crippen molar-refractivity contribution in [1.29, 1.82) is 0 Å². The lowest BCUT2D eigenvalue weighted by atomic mass is 9.94. The van der Waals surface area contributed by atoms with E-state index in [9.17, 15) is 0 Å². The van der Waals surface area contributed by atoms with Gasteiger partial charge in [-0.1, -0.05) is 146 Å². The molecule has 0 atom stereocenters. The fourth-order valence-electron chi connectivity index (χ4n) is 9.58. The first-order valence-electron chi connectivity index (χ1n) is 20.0. The number of hydrogen-bond donors (Lipinski definition) is 0. The first-order chi connectivity index (χ1) is 29.3. The van der Waals surface area contributed by atoms with E-state index in [0.29, 0.717) is 5.95 Å². The molecule has 4 nitrogen and oxygen atoms in total. The van der Waals surface area contributed by atoms with E-state index in [4.69, 9.17) is 9.97 Å². The number of benzene rings is 9. The molecule has 0 unspecified atom stereocenters. The van der Waals surface area contributed by atoms with Crippen LogP contribution in [0.3, 0.4) is 0 Å². The minimum absolute atomic E-state index is 0.656. The quantitative estimate of drug-likeness (QED) is 0.179. The fraction of sp³-hybridized carbons (Fsp3) is 0. The average Bonchev–Trinajstić information content (AvgIpc) is 3.96. The van der Waals surface area contributed by atoms with Crippen molar-refractivity contribution >= 4 is 96.8 Å². The Kier molecular flexibility index (Phi) is 6.85. The normalized spacial score (nSPS) is 12.1. The molecule has 0 amide bonds. The van der Waals surface area contributed by atoms with Crippen LogP contribution in [0.25, 0.3) is 119 Å². The molecule has 0 aliphatic carbocycles. The first-order valence-corrected chi connectivity index (χ1v) is 20.8. The highest BCUT2D eigenvalue weighted by atomic mass is 32.1. The Morgan fingerprint density at radius 2 is 1.02 bits per heavy atom. The number of thiophene rings is 1. The molecule has 0 bridgehead atoms. The molecular formula is C54H32N4S. The predicted octanol–water partition coefficient (Wildman–Crippen LogP) is 14.7. The smallest absolute Gasteiger partial charge is 0.235 e. The number of rotatable bonds is 4. The third kappa shape index (κ3) is 4.71. The summed E-state index contributed by atoms with van der Waals surface area (Å²) in [7, 11) is 0. The summed E-state index contributed by atoms with van der Waals surface area (Å²) in [5.41, 5.74) is 11.0. The maximum atomic E-state index is 5.58. The van der Waals surface area contributed by atoms with Gasteiger partial charge in [0, 0.05) is 58.4 Å². The van der Waals surface area contributed by atoms with Crippen LogP contribution in [0.5, 0.6) is 0 Å². The van der Waals surface area contributed by atoms with Crippen LogP contribution in [0, 0.1) is 0 Å². The van der Waals surface area contributed by atoms with Gasteiger partial charge in [-0.2, -0.15) is 0 Å². The lowest BCUT2D eigenvalue weighted by molar-refractivity contribution is 1.01. The van der Waals surface area contributed by atoms with Crippen molar-refractivity contribution in [3.05, 3.63) is 194 Å². The third-order valence-corrected chi connectivity index (χ3v) is 13.3. The Bertz CT molecular complexity index is 3850. The molecule has 0 saturated heterocycles. The zero-order valence-corrected chi connectivity index (χ0v) is 32.5. The van der Waals surface area contributed by atoms with E-state index in [1.165, 1.54) is 69.1 Å². The Morgan fingerprint density at radius 1 is 0.373 bits per heavy atom. The molecule has 5 heteroatoms. The van der Waals surface area contributed by atoms with Crippen molar-refractivity contribution in [1.82, 2.24) is 19.1 Å². The molecular weight excluding hydrogens is 737 g/mol. The maximum absolute atomic E-state index is 5.58. The molecule has 0 spiro atoms. The fourth-order valence-corrected chi connectivity index (χ4v) is 10.8. The standard InChI is InChI=1S/C54H32N4S/c1-2-15-34(16-3-1)57-46-26-11-7-18-36(46)37-30-29-33(31-48(37)57)44-32-49-51(39-20-5-4-17-35(39)44)42-22-8-12-27-47(42)58(49)54-55-45-25-10-6-21-41(45)52(56-54)43-24-14-23-40-38-19-9-13-28-50(38)59-53(40)43/h1-32H. The summed E-state index contributed by atoms with van der Waals surface area (Å²) >= 11 is 1.83. The van der Waals surface area contributed by atoms with Gasteiger partial charge in [-0.3, -0.25) is 4.57 Å². The van der Waals surface area contributed by atoms with Gasteiger partial charge >= 0.3 is 0 Å². The van der Waals surface area contributed by atoms with E-state index < -0.39 is 0 Å². The van der Waals surface area contributed by atoms with Crippen molar-refractivity contribution in [2.45, 2.75) is 0 Å². The summed E-state index contributed by atoms with van der Waals surface area (Å²) in [6.45, 7) is 0. The second-order valence-corrected chi connectivity index (χ2v) is 16.4. The molecule has 0 fully saturated rings. The van der Waals surface area contributed by atoms with Crippen molar-refractivity contribution in [3.8, 4) is 34.0 Å². The third-order valence-electron chi connectivity index (χ3n) is 12.1. The van der Waals surface area contributed by atoms with E-state index in [1.807, 2.05) is 11.3 Å². The van der Waals surface area contributed by atoms with Crippen molar-refractivity contribution in [3.63, 3.8) is 0 Å². The topological polar surface area (TPSA) is 35.6 Å². The van der Waals surface area contributed by atoms with E-state index >= 15 is 0 Å². The molecule has 9 aromatic carbocycles. The Balaban J connectivity index is 1.12. The number of nitrogens with zero attached hydrogens (tertiary/aromatic N) is 4. The molecule has 0 radical (unpaired) electrons. The molecule has 13 rings (SSSR count). The highest BCUT2D eigenvalue weighted by Crippen LogP contribution is 2.45. The van der Waals surface area contributed by atoms with E-state index in [-0.39, 0.29) is 0 Å². The van der Waals surface area contributed by atoms with Crippen LogP contribution in [0.1, 0.15) is 0 Å². The van der Waals surface area contributed by atoms with Crippen molar-refractivity contribution in [2.75, 3.05) is 0 Å². The van der Waals surface area contributed by atoms with Crippen LogP contribution in [0.4, 0.5) is 0 Å². The minimum Gasteiger partial charge on any atom is -0.309 e. The summed E-state index contributed by atoms with van der Waals surface area (Å²) in [5, 5.41) is 10.8. The lowest BCUT2D eigenvalue weighted by Crippen LogP contribution is -2.03. The van der Waals surface area contributed by atoms with E-state index in [1.54, 1.807) is 0 Å². The second-order valence-electron chi connectivity index (χ2n) is 15.3. The molecule has 4 heterocycles. The Labute approximate surface area is 342 Å². The summed E-state index contributed by atoms with van der Waals surface area (Å²) in [4.78, 5) is 11.0. The van der Waals surface area contributed by atoms with Gasteiger partial charge in [0.15, 0.2) is 0 Å². The Morgan fingerprint density at radius 3 is 1.86 bits per heavy atom. The van der Waals surface area contributed by atoms with Gasteiger partial charge in [0.05, 0.1) is 33.3 Å². The molecule has 59 heavy (non-hydrogen) atoms. The Hall–Kier alpha value is -7.60. The van der Waals surface area contributed by atoms with Crippen LogP contribution in [0.15, 0.2) is 194 Å². The van der Waals surface area contributed by atoms with Gasteiger partial charge in [-0.15, -0.1) is 11.3 Å². The number of fused-ring (bicyclic) bond motifs is 12. The highest BCUT2D eigenvalue weighted by molar-refractivity contribution is 7.26. The van der Waals surface area contributed by atoms with Gasteiger partial charge in [-0.25, -0.2) is 9.97 Å². The highest BCUT2D eigenvalue weighted by Gasteiger charge is 2.22. The number of para-hydroxylation sites is 4. The van der Waals surface area contributed by atoms with Gasteiger partial charge in [0.25, 0.3) is 0 Å². The number of hydrogen-bond acceptors (Lipinski definition) is 3. The molecule has 4 aromatic heterocycles. The van der Waals surface area contributed by atoms with Crippen LogP contribution >= 0.6 is 11.3 Å². The lowest BCUT2D eigenvalue weighted by Gasteiger charge is -2.14. The zero-order valence-electron chi connectivity index (χ0n) is 31.7. The second kappa shape index (κ2) is 12.4. The van der Waals surface area contributed by atoms with Crippen LogP contribution in [-0.2, 0) is 0 Å². The predicted molar refractivity (Wildman–Crippen MR) is 249 cm³/mol. The van der Waals surface area contributed by atoms with E-state index in [0.717, 1.165) is 44.4 Å². The van der Waals surface area contributed by atoms with Gasteiger partial charge in [0.2, 0.25) is 5.95 Å². The largest absolute Gasteiger partial charge is 0.309 e. The molecule has 0 aliphatic heterocycles. The summed E-state index contributed by atoms with van der Waals surface area (Å²) in [5.74, 6) is 0.656. The monoisotopic (exact) mass is 768 g/mol. The van der Waals surface area contributed by atoms with Gasteiger partial charge in [0.1, 0.15) is 0 Å². The maximum Gasteiger partial charge on any atom is 0.235 e. The summed E-state index contributed by atoms with van der Waals surface area (Å²) in [6.07, 6.45) is 0. The zero-order chi connectivity index (χ0) is 38.6. The molecule has 13 aromatic rings. The van der Waals surface area contributed by atoms with Crippen LogP contribution < -0.4 is 0 Å². The number of aromatic nitrogens is 4. The van der Waals surface area contributed by atoms with Crippen molar-refractivity contribution in [2.24, 2.45) is 0 Å². The molecule has 0 saturated carbocycles. The first kappa shape index (κ1) is 32.5. The molecule has 274 valence electrons. The average molecular weight is 769 g/mol. The van der Waals surface area contributed by atoms with Crippen LogP contribution in [-0.4, -0.2) is 19.1 Å². The molecule has 0 aliphatic rings. The van der Waals surface area contributed by atoms with Gasteiger partial charge in [-0.05, 0) is 70.4 Å².